The summed E-state index contributed by atoms with van der Waals surface area (Å²) >= 11 is 6.43. The molecule has 0 amide bonds. The van der Waals surface area contributed by atoms with Crippen molar-refractivity contribution in [2.75, 3.05) is 59.0 Å². The average molecular weight is 522 g/mol. The number of aromatic nitrogens is 3. The van der Waals surface area contributed by atoms with E-state index < -0.39 is 0 Å². The van der Waals surface area contributed by atoms with E-state index in [1.54, 1.807) is 17.7 Å². The summed E-state index contributed by atoms with van der Waals surface area (Å²) in [6, 6.07) is 11.5. The Balaban J connectivity index is 1.52. The van der Waals surface area contributed by atoms with Gasteiger partial charge in [0.2, 0.25) is 0 Å². The summed E-state index contributed by atoms with van der Waals surface area (Å²) in [6.45, 7) is 4.20. The minimum atomic E-state index is -0.205. The maximum atomic E-state index is 13.5. The molecule has 8 nitrogen and oxygen atoms in total. The number of benzene rings is 1. The topological polar surface area (TPSA) is 75.6 Å². The molecule has 1 saturated heterocycles. The third-order valence-electron chi connectivity index (χ3n) is 6.70. The lowest BCUT2D eigenvalue weighted by molar-refractivity contribution is 0.122. The van der Waals surface area contributed by atoms with Crippen LogP contribution in [0.4, 0.5) is 5.69 Å². The van der Waals surface area contributed by atoms with Gasteiger partial charge in [-0.1, -0.05) is 17.7 Å². The minimum Gasteiger partial charge on any atom is -0.380 e. The number of anilines is 1. The number of halogens is 1. The van der Waals surface area contributed by atoms with Gasteiger partial charge in [-0.25, -0.2) is 4.98 Å². The third kappa shape index (κ3) is 5.57. The number of methoxy groups -OCH3 is 1. The SMILES string of the molecule is COCc1cc(Cl)cc([C@@H](CN(C)C)n2ccc(-c3c[nH]c4ncc(N5CCOCC5)cc34)cc2=O)c1. The van der Waals surface area contributed by atoms with Gasteiger partial charge in [-0.2, -0.15) is 0 Å². The molecule has 1 aromatic carbocycles. The van der Waals surface area contributed by atoms with Crippen LogP contribution in [0.5, 0.6) is 0 Å². The van der Waals surface area contributed by atoms with Crippen molar-refractivity contribution in [3.05, 3.63) is 81.5 Å². The lowest BCUT2D eigenvalue weighted by Gasteiger charge is -2.28. The van der Waals surface area contributed by atoms with Gasteiger partial charge in [0.15, 0.2) is 0 Å². The molecule has 194 valence electrons. The first-order valence-corrected chi connectivity index (χ1v) is 12.8. The van der Waals surface area contributed by atoms with Crippen molar-refractivity contribution < 1.29 is 9.47 Å². The van der Waals surface area contributed by atoms with Gasteiger partial charge in [0.25, 0.3) is 5.56 Å². The molecule has 1 aliphatic heterocycles. The smallest absolute Gasteiger partial charge is 0.251 e. The van der Waals surface area contributed by atoms with E-state index in [0.717, 1.165) is 52.1 Å². The molecular formula is C28H32ClN5O3. The highest BCUT2D eigenvalue weighted by molar-refractivity contribution is 6.30. The van der Waals surface area contributed by atoms with E-state index >= 15 is 0 Å². The zero-order valence-corrected chi connectivity index (χ0v) is 22.2. The molecule has 4 aromatic rings. The molecule has 0 aliphatic carbocycles. The molecular weight excluding hydrogens is 490 g/mol. The van der Waals surface area contributed by atoms with E-state index in [9.17, 15) is 4.79 Å². The van der Waals surface area contributed by atoms with Gasteiger partial charge in [-0.3, -0.25) is 4.79 Å². The van der Waals surface area contributed by atoms with Gasteiger partial charge < -0.3 is 28.8 Å². The first kappa shape index (κ1) is 25.5. The number of likely N-dealkylation sites (N-methyl/N-ethyl adjacent to an activating group) is 1. The fourth-order valence-corrected chi connectivity index (χ4v) is 5.22. The quantitative estimate of drug-likeness (QED) is 0.375. The third-order valence-corrected chi connectivity index (χ3v) is 6.92. The second-order valence-corrected chi connectivity index (χ2v) is 10.1. The van der Waals surface area contributed by atoms with Crippen molar-refractivity contribution in [2.24, 2.45) is 0 Å². The lowest BCUT2D eigenvalue weighted by atomic mass is 10.0. The molecule has 0 radical (unpaired) electrons. The first-order chi connectivity index (χ1) is 17.9. The predicted molar refractivity (Wildman–Crippen MR) is 148 cm³/mol. The predicted octanol–water partition coefficient (Wildman–Crippen LogP) is 4.18. The van der Waals surface area contributed by atoms with Crippen LogP contribution in [0.1, 0.15) is 17.2 Å². The minimum absolute atomic E-state index is 0.0794. The van der Waals surface area contributed by atoms with E-state index in [0.29, 0.717) is 31.4 Å². The molecule has 1 N–H and O–H groups in total. The lowest BCUT2D eigenvalue weighted by Crippen LogP contribution is -2.36. The maximum absolute atomic E-state index is 13.5. The summed E-state index contributed by atoms with van der Waals surface area (Å²) in [5.74, 6) is 0. The molecule has 0 bridgehead atoms. The van der Waals surface area contributed by atoms with Crippen LogP contribution in [-0.2, 0) is 16.1 Å². The zero-order chi connectivity index (χ0) is 25.9. The van der Waals surface area contributed by atoms with Gasteiger partial charge in [0.1, 0.15) is 5.65 Å². The molecule has 1 atom stereocenters. The van der Waals surface area contributed by atoms with Crippen molar-refractivity contribution >= 4 is 28.3 Å². The van der Waals surface area contributed by atoms with Crippen molar-refractivity contribution in [3.63, 3.8) is 0 Å². The van der Waals surface area contributed by atoms with Crippen LogP contribution in [0.15, 0.2) is 59.8 Å². The van der Waals surface area contributed by atoms with E-state index in [1.165, 1.54) is 0 Å². The van der Waals surface area contributed by atoms with E-state index in [1.807, 2.05) is 50.9 Å². The number of nitrogens with one attached hydrogen (secondary N) is 1. The summed E-state index contributed by atoms with van der Waals surface area (Å²) in [4.78, 5) is 25.7. The number of fused-ring (bicyclic) bond motifs is 1. The number of aromatic amines is 1. The summed E-state index contributed by atoms with van der Waals surface area (Å²) in [7, 11) is 5.65. The van der Waals surface area contributed by atoms with Gasteiger partial charge in [0, 0.05) is 61.2 Å². The number of H-pyrrole nitrogens is 1. The Morgan fingerprint density at radius 3 is 2.73 bits per heavy atom. The number of pyridine rings is 2. The summed E-state index contributed by atoms with van der Waals surface area (Å²) in [5, 5.41) is 1.62. The second-order valence-electron chi connectivity index (χ2n) is 9.66. The monoisotopic (exact) mass is 521 g/mol. The molecule has 0 unspecified atom stereocenters. The molecule has 0 saturated carbocycles. The molecule has 5 rings (SSSR count). The number of nitrogens with zero attached hydrogens (tertiary/aromatic N) is 4. The second kappa shape index (κ2) is 11.1. The van der Waals surface area contributed by atoms with Gasteiger partial charge in [-0.15, -0.1) is 0 Å². The largest absolute Gasteiger partial charge is 0.380 e. The van der Waals surface area contributed by atoms with E-state index in [4.69, 9.17) is 21.1 Å². The maximum Gasteiger partial charge on any atom is 0.251 e. The highest BCUT2D eigenvalue weighted by atomic mass is 35.5. The number of ether oxygens (including phenoxy) is 2. The average Bonchev–Trinajstić information content (AvgIpc) is 3.31. The van der Waals surface area contributed by atoms with Crippen LogP contribution in [0.2, 0.25) is 5.02 Å². The molecule has 1 aliphatic rings. The standard InChI is InChI=1S/C28H32ClN5O3/c1-32(2)17-26(21-10-19(18-36-3)11-22(29)12-21)34-5-4-20(13-27(34)35)25-16-31-28-24(25)14-23(15-30-28)33-6-8-37-9-7-33/h4-5,10-16,26H,6-9,17-18H2,1-3H3,(H,30,31)/t26-/m1/s1. The van der Waals surface area contributed by atoms with Crippen molar-refractivity contribution in [2.45, 2.75) is 12.6 Å². The molecule has 37 heavy (non-hydrogen) atoms. The van der Waals surface area contributed by atoms with Crippen LogP contribution in [0.25, 0.3) is 22.2 Å². The Morgan fingerprint density at radius 1 is 1.19 bits per heavy atom. The number of rotatable bonds is 8. The Hall–Kier alpha value is -3.17. The Labute approximate surface area is 221 Å². The fourth-order valence-electron chi connectivity index (χ4n) is 4.96. The summed E-state index contributed by atoms with van der Waals surface area (Å²) in [5.41, 5.74) is 5.52. The molecule has 3 aromatic heterocycles. The molecule has 0 spiro atoms. The van der Waals surface area contributed by atoms with Crippen LogP contribution in [-0.4, -0.2) is 73.5 Å². The number of hydrogen-bond donors (Lipinski definition) is 1. The first-order valence-electron chi connectivity index (χ1n) is 12.4. The Morgan fingerprint density at radius 2 is 2.00 bits per heavy atom. The molecule has 9 heteroatoms. The van der Waals surface area contributed by atoms with Crippen LogP contribution < -0.4 is 10.5 Å². The highest BCUT2D eigenvalue weighted by Gasteiger charge is 2.19. The summed E-state index contributed by atoms with van der Waals surface area (Å²) < 4.78 is 12.6. The van der Waals surface area contributed by atoms with Crippen molar-refractivity contribution in [1.29, 1.82) is 0 Å². The highest BCUT2D eigenvalue weighted by Crippen LogP contribution is 2.31. The Bertz CT molecular complexity index is 1440. The Kier molecular flexibility index (Phi) is 7.62. The van der Waals surface area contributed by atoms with Crippen LogP contribution in [0.3, 0.4) is 0 Å². The van der Waals surface area contributed by atoms with Gasteiger partial charge in [0.05, 0.1) is 37.7 Å². The van der Waals surface area contributed by atoms with Crippen LogP contribution in [0, 0.1) is 0 Å². The zero-order valence-electron chi connectivity index (χ0n) is 21.4. The van der Waals surface area contributed by atoms with Gasteiger partial charge in [-0.05, 0) is 55.1 Å². The van der Waals surface area contributed by atoms with Crippen molar-refractivity contribution in [1.82, 2.24) is 19.4 Å². The molecule has 4 heterocycles. The van der Waals surface area contributed by atoms with Crippen molar-refractivity contribution in [3.8, 4) is 11.1 Å². The number of morpholine rings is 1. The van der Waals surface area contributed by atoms with Gasteiger partial charge >= 0.3 is 0 Å². The van der Waals surface area contributed by atoms with E-state index in [-0.39, 0.29) is 11.6 Å². The molecule has 1 fully saturated rings. The normalized spacial score (nSPS) is 15.0. The number of hydrogen-bond acceptors (Lipinski definition) is 6. The fraction of sp³-hybridized carbons (Fsp3) is 0.357. The summed E-state index contributed by atoms with van der Waals surface area (Å²) in [6.07, 6.45) is 5.69. The van der Waals surface area contributed by atoms with Crippen LogP contribution >= 0.6 is 11.6 Å². The van der Waals surface area contributed by atoms with E-state index in [2.05, 4.69) is 31.9 Å².